The lowest BCUT2D eigenvalue weighted by atomic mass is 10.1. The van der Waals surface area contributed by atoms with Gasteiger partial charge in [0.05, 0.1) is 19.0 Å². The molecule has 0 bridgehead atoms. The molecule has 0 aliphatic carbocycles. The Bertz CT molecular complexity index is 293. The maximum atomic E-state index is 5.62. The van der Waals surface area contributed by atoms with E-state index < -0.39 is 0 Å². The average Bonchev–Trinajstić information content (AvgIpc) is 2.80. The van der Waals surface area contributed by atoms with Crippen LogP contribution in [0.1, 0.15) is 19.2 Å². The number of hydrogen-bond donors (Lipinski definition) is 1. The molecule has 0 radical (unpaired) electrons. The van der Waals surface area contributed by atoms with E-state index in [9.17, 15) is 0 Å². The van der Waals surface area contributed by atoms with Gasteiger partial charge in [-0.05, 0) is 13.0 Å². The second-order valence-corrected chi connectivity index (χ2v) is 3.86. The van der Waals surface area contributed by atoms with Crippen molar-refractivity contribution in [1.29, 1.82) is 0 Å². The van der Waals surface area contributed by atoms with E-state index in [1.165, 1.54) is 6.42 Å². The molecule has 1 aromatic heterocycles. The third-order valence-electron chi connectivity index (χ3n) is 2.65. The number of ether oxygens (including phenoxy) is 1. The SMILES string of the molecule is CCc1ncc(OCC2CCNC2)cn1. The average molecular weight is 207 g/mol. The fourth-order valence-corrected chi connectivity index (χ4v) is 1.67. The molecule has 1 unspecified atom stereocenters. The molecule has 1 N–H and O–H groups in total. The van der Waals surface area contributed by atoms with Crippen LogP contribution in [0.3, 0.4) is 0 Å². The molecule has 4 heteroatoms. The van der Waals surface area contributed by atoms with Crippen LogP contribution in [-0.4, -0.2) is 29.7 Å². The van der Waals surface area contributed by atoms with E-state index in [1.54, 1.807) is 12.4 Å². The van der Waals surface area contributed by atoms with Crippen LogP contribution in [0, 0.1) is 5.92 Å². The van der Waals surface area contributed by atoms with E-state index in [0.29, 0.717) is 5.92 Å². The van der Waals surface area contributed by atoms with Gasteiger partial charge in [-0.1, -0.05) is 6.92 Å². The summed E-state index contributed by atoms with van der Waals surface area (Å²) in [7, 11) is 0. The summed E-state index contributed by atoms with van der Waals surface area (Å²) < 4.78 is 5.62. The van der Waals surface area contributed by atoms with E-state index in [4.69, 9.17) is 4.74 Å². The highest BCUT2D eigenvalue weighted by Gasteiger charge is 2.14. The molecule has 1 aliphatic heterocycles. The molecule has 2 heterocycles. The fourth-order valence-electron chi connectivity index (χ4n) is 1.67. The number of nitrogens with zero attached hydrogens (tertiary/aromatic N) is 2. The Hall–Kier alpha value is -1.16. The minimum Gasteiger partial charge on any atom is -0.490 e. The van der Waals surface area contributed by atoms with Crippen LogP contribution < -0.4 is 10.1 Å². The van der Waals surface area contributed by atoms with Crippen molar-refractivity contribution in [2.75, 3.05) is 19.7 Å². The Morgan fingerprint density at radius 1 is 1.47 bits per heavy atom. The Labute approximate surface area is 90.1 Å². The molecular weight excluding hydrogens is 190 g/mol. The van der Waals surface area contributed by atoms with Crippen molar-refractivity contribution in [2.24, 2.45) is 5.92 Å². The minimum atomic E-state index is 0.635. The zero-order valence-corrected chi connectivity index (χ0v) is 9.07. The van der Waals surface area contributed by atoms with Crippen molar-refractivity contribution in [3.8, 4) is 5.75 Å². The Balaban J connectivity index is 1.82. The molecule has 1 saturated heterocycles. The van der Waals surface area contributed by atoms with Crippen molar-refractivity contribution < 1.29 is 4.74 Å². The van der Waals surface area contributed by atoms with Gasteiger partial charge in [-0.3, -0.25) is 0 Å². The van der Waals surface area contributed by atoms with Crippen LogP contribution in [0.5, 0.6) is 5.75 Å². The first kappa shape index (κ1) is 10.4. The van der Waals surface area contributed by atoms with Gasteiger partial charge >= 0.3 is 0 Å². The molecule has 1 aromatic rings. The predicted octanol–water partition coefficient (Wildman–Crippen LogP) is 1.03. The van der Waals surface area contributed by atoms with Crippen LogP contribution >= 0.6 is 0 Å². The van der Waals surface area contributed by atoms with Crippen LogP contribution in [0.4, 0.5) is 0 Å². The van der Waals surface area contributed by atoms with Crippen LogP contribution in [0.25, 0.3) is 0 Å². The molecule has 4 nitrogen and oxygen atoms in total. The lowest BCUT2D eigenvalue weighted by Gasteiger charge is -2.10. The van der Waals surface area contributed by atoms with Crippen molar-refractivity contribution in [2.45, 2.75) is 19.8 Å². The monoisotopic (exact) mass is 207 g/mol. The van der Waals surface area contributed by atoms with Crippen LogP contribution in [0.2, 0.25) is 0 Å². The maximum absolute atomic E-state index is 5.62. The first-order chi connectivity index (χ1) is 7.38. The van der Waals surface area contributed by atoms with Gasteiger partial charge in [0.25, 0.3) is 0 Å². The third-order valence-corrected chi connectivity index (χ3v) is 2.65. The standard InChI is InChI=1S/C11H17N3O/c1-2-11-13-6-10(7-14-11)15-8-9-3-4-12-5-9/h6-7,9,12H,2-5,8H2,1H3. The lowest BCUT2D eigenvalue weighted by molar-refractivity contribution is 0.258. The summed E-state index contributed by atoms with van der Waals surface area (Å²) in [6.07, 6.45) is 5.59. The minimum absolute atomic E-state index is 0.635. The highest BCUT2D eigenvalue weighted by Crippen LogP contribution is 2.12. The van der Waals surface area contributed by atoms with E-state index in [-0.39, 0.29) is 0 Å². The van der Waals surface area contributed by atoms with Crippen molar-refractivity contribution >= 4 is 0 Å². The summed E-state index contributed by atoms with van der Waals surface area (Å²) in [5.74, 6) is 2.28. The fraction of sp³-hybridized carbons (Fsp3) is 0.636. The van der Waals surface area contributed by atoms with Gasteiger partial charge in [0.2, 0.25) is 0 Å². The molecule has 15 heavy (non-hydrogen) atoms. The Kier molecular flexibility index (Phi) is 3.50. The molecule has 82 valence electrons. The summed E-state index contributed by atoms with van der Waals surface area (Å²) in [6, 6.07) is 0. The second kappa shape index (κ2) is 5.07. The Morgan fingerprint density at radius 3 is 2.87 bits per heavy atom. The topological polar surface area (TPSA) is 47.0 Å². The number of aromatic nitrogens is 2. The van der Waals surface area contributed by atoms with Crippen LogP contribution in [0.15, 0.2) is 12.4 Å². The number of aryl methyl sites for hydroxylation is 1. The summed E-state index contributed by atoms with van der Waals surface area (Å²) in [5.41, 5.74) is 0. The maximum Gasteiger partial charge on any atom is 0.155 e. The van der Waals surface area contributed by atoms with Gasteiger partial charge in [-0.2, -0.15) is 0 Å². The predicted molar refractivity (Wildman–Crippen MR) is 57.9 cm³/mol. The van der Waals surface area contributed by atoms with Gasteiger partial charge in [-0.15, -0.1) is 0 Å². The van der Waals surface area contributed by atoms with E-state index in [1.807, 2.05) is 6.92 Å². The zero-order chi connectivity index (χ0) is 10.5. The number of rotatable bonds is 4. The van der Waals surface area contributed by atoms with Crippen LogP contribution in [-0.2, 0) is 6.42 Å². The number of hydrogen-bond acceptors (Lipinski definition) is 4. The van der Waals surface area contributed by atoms with Crippen molar-refractivity contribution in [1.82, 2.24) is 15.3 Å². The first-order valence-electron chi connectivity index (χ1n) is 5.53. The largest absolute Gasteiger partial charge is 0.490 e. The van der Waals surface area contributed by atoms with Gasteiger partial charge in [0, 0.05) is 18.9 Å². The third kappa shape index (κ3) is 2.89. The molecule has 1 atom stereocenters. The van der Waals surface area contributed by atoms with E-state index in [0.717, 1.165) is 37.7 Å². The Morgan fingerprint density at radius 2 is 2.27 bits per heavy atom. The molecule has 1 fully saturated rings. The smallest absolute Gasteiger partial charge is 0.155 e. The molecule has 0 saturated carbocycles. The number of nitrogens with one attached hydrogen (secondary N) is 1. The second-order valence-electron chi connectivity index (χ2n) is 3.86. The highest BCUT2D eigenvalue weighted by molar-refractivity contribution is 5.12. The zero-order valence-electron chi connectivity index (χ0n) is 9.07. The van der Waals surface area contributed by atoms with Crippen molar-refractivity contribution in [3.05, 3.63) is 18.2 Å². The molecule has 1 aliphatic rings. The summed E-state index contributed by atoms with van der Waals surface area (Å²) in [5, 5.41) is 3.32. The molecule has 2 rings (SSSR count). The molecule has 0 amide bonds. The van der Waals surface area contributed by atoms with Gasteiger partial charge in [0.15, 0.2) is 5.75 Å². The highest BCUT2D eigenvalue weighted by atomic mass is 16.5. The molecule has 0 aromatic carbocycles. The first-order valence-corrected chi connectivity index (χ1v) is 5.53. The van der Waals surface area contributed by atoms with Gasteiger partial charge in [-0.25, -0.2) is 9.97 Å². The van der Waals surface area contributed by atoms with E-state index >= 15 is 0 Å². The molecular formula is C11H17N3O. The van der Waals surface area contributed by atoms with Gasteiger partial charge in [0.1, 0.15) is 5.82 Å². The van der Waals surface area contributed by atoms with Crippen molar-refractivity contribution in [3.63, 3.8) is 0 Å². The van der Waals surface area contributed by atoms with Gasteiger partial charge < -0.3 is 10.1 Å². The lowest BCUT2D eigenvalue weighted by Crippen LogP contribution is -2.15. The molecule has 0 spiro atoms. The normalized spacial score (nSPS) is 20.5. The summed E-state index contributed by atoms with van der Waals surface area (Å²) >= 11 is 0. The van der Waals surface area contributed by atoms with E-state index in [2.05, 4.69) is 15.3 Å². The summed E-state index contributed by atoms with van der Waals surface area (Å²) in [4.78, 5) is 8.38. The summed E-state index contributed by atoms with van der Waals surface area (Å²) in [6.45, 7) is 4.98. The quantitative estimate of drug-likeness (QED) is 0.801.